The maximum atomic E-state index is 14.0. The fourth-order valence-corrected chi connectivity index (χ4v) is 3.43. The van der Waals surface area contributed by atoms with E-state index in [0.717, 1.165) is 6.07 Å². The lowest BCUT2D eigenvalue weighted by atomic mass is 9.90. The third-order valence-electron chi connectivity index (χ3n) is 4.92. The van der Waals surface area contributed by atoms with Gasteiger partial charge in [-0.25, -0.2) is 0 Å². The van der Waals surface area contributed by atoms with E-state index in [1.54, 1.807) is 6.07 Å². The number of alkyl halides is 6. The van der Waals surface area contributed by atoms with Crippen LogP contribution in [0.3, 0.4) is 0 Å². The Morgan fingerprint density at radius 3 is 1.91 bits per heavy atom. The van der Waals surface area contributed by atoms with E-state index in [2.05, 4.69) is 5.32 Å². The van der Waals surface area contributed by atoms with E-state index < -0.39 is 40.9 Å². The van der Waals surface area contributed by atoms with Gasteiger partial charge in [-0.2, -0.15) is 26.3 Å². The zero-order valence-electron chi connectivity index (χ0n) is 17.9. The van der Waals surface area contributed by atoms with Gasteiger partial charge in [0.15, 0.2) is 0 Å². The largest absolute Gasteiger partial charge is 0.417 e. The minimum Gasteiger partial charge on any atom is -0.345 e. The van der Waals surface area contributed by atoms with Crippen LogP contribution in [0.4, 0.5) is 32.0 Å². The molecule has 0 aromatic heterocycles. The predicted molar refractivity (Wildman–Crippen MR) is 114 cm³/mol. The first-order valence-electron chi connectivity index (χ1n) is 9.81. The van der Waals surface area contributed by atoms with Crippen molar-refractivity contribution < 1.29 is 35.9 Å². The summed E-state index contributed by atoms with van der Waals surface area (Å²) in [5, 5.41) is 2.21. The first-order valence-corrected chi connectivity index (χ1v) is 9.81. The average Bonchev–Trinajstić information content (AvgIpc) is 2.77. The molecule has 0 fully saturated rings. The minimum atomic E-state index is -5.50. The molecule has 0 aliphatic heterocycles. The standard InChI is InChI=1S/C24H18F6N2O2/c1-32(2)22(34)16-10-6-7-11-18(16)31-21(33)19-15(14-8-4-3-5-9-14)12-13-17(23(25,26)27)20(19)24(28,29)30/h3-13H,1-2H3,(H,31,33). The molecule has 0 unspecified atom stereocenters. The van der Waals surface area contributed by atoms with Gasteiger partial charge >= 0.3 is 12.4 Å². The van der Waals surface area contributed by atoms with Crippen LogP contribution in [-0.2, 0) is 12.4 Å². The third-order valence-corrected chi connectivity index (χ3v) is 4.92. The van der Waals surface area contributed by atoms with E-state index in [1.807, 2.05) is 0 Å². The molecule has 0 saturated heterocycles. The second-order valence-electron chi connectivity index (χ2n) is 7.47. The van der Waals surface area contributed by atoms with Crippen molar-refractivity contribution in [3.63, 3.8) is 0 Å². The molecule has 34 heavy (non-hydrogen) atoms. The van der Waals surface area contributed by atoms with E-state index in [4.69, 9.17) is 0 Å². The van der Waals surface area contributed by atoms with Gasteiger partial charge in [0.1, 0.15) is 0 Å². The lowest BCUT2D eigenvalue weighted by Crippen LogP contribution is -2.27. The molecule has 1 N–H and O–H groups in total. The maximum absolute atomic E-state index is 14.0. The molecule has 0 bridgehead atoms. The Morgan fingerprint density at radius 1 is 0.765 bits per heavy atom. The van der Waals surface area contributed by atoms with Crippen molar-refractivity contribution in [3.05, 3.63) is 89.0 Å². The summed E-state index contributed by atoms with van der Waals surface area (Å²) in [6.45, 7) is 0. The Bertz CT molecular complexity index is 1220. The Morgan fingerprint density at radius 2 is 1.35 bits per heavy atom. The van der Waals surface area contributed by atoms with Crippen LogP contribution >= 0.6 is 0 Å². The van der Waals surface area contributed by atoms with Crippen LogP contribution in [0.1, 0.15) is 31.8 Å². The van der Waals surface area contributed by atoms with Crippen molar-refractivity contribution in [2.75, 3.05) is 19.4 Å². The predicted octanol–water partition coefficient (Wildman–Crippen LogP) is 6.35. The van der Waals surface area contributed by atoms with Crippen LogP contribution in [0, 0.1) is 0 Å². The quantitative estimate of drug-likeness (QED) is 0.443. The fourth-order valence-electron chi connectivity index (χ4n) is 3.43. The topological polar surface area (TPSA) is 49.4 Å². The number of benzene rings is 3. The summed E-state index contributed by atoms with van der Waals surface area (Å²) in [7, 11) is 2.87. The van der Waals surface area contributed by atoms with Gasteiger partial charge in [0.05, 0.1) is 27.9 Å². The highest BCUT2D eigenvalue weighted by Gasteiger charge is 2.47. The van der Waals surface area contributed by atoms with Crippen LogP contribution in [0.15, 0.2) is 66.7 Å². The molecular formula is C24H18F6N2O2. The van der Waals surface area contributed by atoms with Gasteiger partial charge in [-0.05, 0) is 29.3 Å². The molecule has 10 heteroatoms. The molecule has 0 radical (unpaired) electrons. The first-order chi connectivity index (χ1) is 15.8. The smallest absolute Gasteiger partial charge is 0.345 e. The Balaban J connectivity index is 2.28. The number of para-hydroxylation sites is 1. The Labute approximate surface area is 190 Å². The number of halogens is 6. The molecule has 0 heterocycles. The minimum absolute atomic E-state index is 0.0392. The molecular weight excluding hydrogens is 462 g/mol. The molecule has 178 valence electrons. The number of hydrogen-bond acceptors (Lipinski definition) is 2. The molecule has 2 amide bonds. The summed E-state index contributed by atoms with van der Waals surface area (Å²) in [5.74, 6) is -1.99. The summed E-state index contributed by atoms with van der Waals surface area (Å²) < 4.78 is 82.7. The molecule has 0 aliphatic rings. The van der Waals surface area contributed by atoms with Gasteiger partial charge in [-0.1, -0.05) is 48.5 Å². The summed E-state index contributed by atoms with van der Waals surface area (Å²) in [6.07, 6.45) is -10.9. The van der Waals surface area contributed by atoms with Crippen LogP contribution in [0.25, 0.3) is 11.1 Å². The van der Waals surface area contributed by atoms with Crippen molar-refractivity contribution in [3.8, 4) is 11.1 Å². The average molecular weight is 480 g/mol. The highest BCUT2D eigenvalue weighted by molar-refractivity contribution is 6.13. The van der Waals surface area contributed by atoms with E-state index in [9.17, 15) is 35.9 Å². The number of hydrogen-bond donors (Lipinski definition) is 1. The Hall–Kier alpha value is -3.82. The number of rotatable bonds is 4. The number of carbonyl (C=O) groups excluding carboxylic acids is 2. The fraction of sp³-hybridized carbons (Fsp3) is 0.167. The van der Waals surface area contributed by atoms with Crippen LogP contribution in [-0.4, -0.2) is 30.8 Å². The molecule has 4 nitrogen and oxygen atoms in total. The molecule has 3 rings (SSSR count). The normalized spacial score (nSPS) is 11.8. The number of nitrogens with zero attached hydrogens (tertiary/aromatic N) is 1. The van der Waals surface area contributed by atoms with E-state index >= 15 is 0 Å². The number of nitrogens with one attached hydrogen (secondary N) is 1. The lowest BCUT2D eigenvalue weighted by Gasteiger charge is -2.22. The Kier molecular flexibility index (Phi) is 6.72. The molecule has 3 aromatic rings. The van der Waals surface area contributed by atoms with Gasteiger partial charge in [0.25, 0.3) is 11.8 Å². The van der Waals surface area contributed by atoms with Crippen LogP contribution < -0.4 is 5.32 Å². The van der Waals surface area contributed by atoms with Crippen molar-refractivity contribution in [1.29, 1.82) is 0 Å². The number of amides is 2. The summed E-state index contributed by atoms with van der Waals surface area (Å²) in [4.78, 5) is 26.8. The van der Waals surface area contributed by atoms with Crippen molar-refractivity contribution in [2.24, 2.45) is 0 Å². The summed E-state index contributed by atoms with van der Waals surface area (Å²) in [5.41, 5.74) is -5.68. The van der Waals surface area contributed by atoms with Crippen LogP contribution in [0.2, 0.25) is 0 Å². The summed E-state index contributed by atoms with van der Waals surface area (Å²) in [6, 6.07) is 14.0. The lowest BCUT2D eigenvalue weighted by molar-refractivity contribution is -0.162. The van der Waals surface area contributed by atoms with Crippen LogP contribution in [0.5, 0.6) is 0 Å². The molecule has 0 aliphatic carbocycles. The van der Waals surface area contributed by atoms with Gasteiger partial charge in [0.2, 0.25) is 0 Å². The monoisotopic (exact) mass is 480 g/mol. The van der Waals surface area contributed by atoms with Crippen molar-refractivity contribution in [2.45, 2.75) is 12.4 Å². The second-order valence-corrected chi connectivity index (χ2v) is 7.47. The highest BCUT2D eigenvalue weighted by Crippen LogP contribution is 2.45. The number of carbonyl (C=O) groups is 2. The zero-order chi connectivity index (χ0) is 25.3. The first kappa shape index (κ1) is 24.8. The van der Waals surface area contributed by atoms with Gasteiger partial charge in [-0.3, -0.25) is 9.59 Å². The van der Waals surface area contributed by atoms with E-state index in [-0.39, 0.29) is 22.4 Å². The summed E-state index contributed by atoms with van der Waals surface area (Å²) >= 11 is 0. The molecule has 0 atom stereocenters. The zero-order valence-corrected chi connectivity index (χ0v) is 17.9. The van der Waals surface area contributed by atoms with E-state index in [1.165, 1.54) is 67.5 Å². The SMILES string of the molecule is CN(C)C(=O)c1ccccc1NC(=O)c1c(-c2ccccc2)ccc(C(F)(F)F)c1C(F)(F)F. The maximum Gasteiger partial charge on any atom is 0.417 e. The second kappa shape index (κ2) is 9.20. The van der Waals surface area contributed by atoms with Gasteiger partial charge in [0, 0.05) is 14.1 Å². The third kappa shape index (κ3) is 5.05. The molecule has 0 saturated carbocycles. The van der Waals surface area contributed by atoms with Gasteiger partial charge in [-0.15, -0.1) is 0 Å². The van der Waals surface area contributed by atoms with Gasteiger partial charge < -0.3 is 10.2 Å². The van der Waals surface area contributed by atoms with Crippen molar-refractivity contribution in [1.82, 2.24) is 4.90 Å². The highest BCUT2D eigenvalue weighted by atomic mass is 19.4. The molecule has 0 spiro atoms. The van der Waals surface area contributed by atoms with E-state index in [0.29, 0.717) is 6.07 Å². The number of anilines is 1. The van der Waals surface area contributed by atoms with Crippen molar-refractivity contribution >= 4 is 17.5 Å². The molecule has 3 aromatic carbocycles.